The van der Waals surface area contributed by atoms with Gasteiger partial charge in [-0.15, -0.1) is 0 Å². The number of carbonyl (C=O) groups excluding carboxylic acids is 1. The van der Waals surface area contributed by atoms with Gasteiger partial charge < -0.3 is 10.4 Å². The lowest BCUT2D eigenvalue weighted by Gasteiger charge is -2.15. The Morgan fingerprint density at radius 1 is 1.04 bits per heavy atom. The van der Waals surface area contributed by atoms with Crippen LogP contribution in [0, 0.1) is 0 Å². The summed E-state index contributed by atoms with van der Waals surface area (Å²) in [5.41, 5.74) is 0.764. The smallest absolute Gasteiger partial charge is 0.335 e. The Morgan fingerprint density at radius 3 is 2.20 bits per heavy atom. The van der Waals surface area contributed by atoms with Crippen LogP contribution >= 0.6 is 0 Å². The molecule has 1 amide bonds. The van der Waals surface area contributed by atoms with Crippen LogP contribution in [0.1, 0.15) is 39.2 Å². The molecule has 2 aromatic carbocycles. The minimum atomic E-state index is -3.60. The molecule has 2 aromatic rings. The Balaban J connectivity index is 2.30. The number of benzene rings is 2. The summed E-state index contributed by atoms with van der Waals surface area (Å²) >= 11 is 0. The summed E-state index contributed by atoms with van der Waals surface area (Å²) in [5.74, 6) is -1.77. The number of nitrogens with one attached hydrogen (secondary N) is 2. The zero-order valence-corrected chi connectivity index (χ0v) is 14.5. The first-order valence-electron chi connectivity index (χ1n) is 7.37. The van der Waals surface area contributed by atoms with Crippen molar-refractivity contribution in [2.24, 2.45) is 0 Å². The molecule has 0 aliphatic rings. The monoisotopic (exact) mass is 362 g/mol. The number of sulfonamides is 1. The number of carboxylic acid groups (broad SMARTS) is 1. The first-order chi connectivity index (χ1) is 11.7. The maximum atomic E-state index is 12.4. The molecule has 0 unspecified atom stereocenters. The Labute approximate surface area is 145 Å². The molecule has 8 heteroatoms. The highest BCUT2D eigenvalue weighted by Gasteiger charge is 2.16. The van der Waals surface area contributed by atoms with E-state index in [1.165, 1.54) is 12.1 Å². The minimum absolute atomic E-state index is 0.0138. The second-order valence-corrected chi connectivity index (χ2v) is 7.33. The van der Waals surface area contributed by atoms with Crippen molar-refractivity contribution in [3.05, 3.63) is 65.2 Å². The van der Waals surface area contributed by atoms with Crippen molar-refractivity contribution < 1.29 is 23.1 Å². The van der Waals surface area contributed by atoms with Crippen LogP contribution in [0.4, 0.5) is 5.69 Å². The molecular formula is C17H18N2O5S. The third-order valence-electron chi connectivity index (χ3n) is 3.39. The highest BCUT2D eigenvalue weighted by Crippen LogP contribution is 2.18. The Kier molecular flexibility index (Phi) is 5.43. The summed E-state index contributed by atoms with van der Waals surface area (Å²) in [6.45, 7) is 1.80. The van der Waals surface area contributed by atoms with Crippen molar-refractivity contribution in [1.29, 1.82) is 0 Å². The number of carboxylic acids is 1. The van der Waals surface area contributed by atoms with Gasteiger partial charge in [-0.05, 0) is 30.7 Å². The molecule has 0 radical (unpaired) electrons. The van der Waals surface area contributed by atoms with Crippen LogP contribution in [0.2, 0.25) is 0 Å². The van der Waals surface area contributed by atoms with Crippen molar-refractivity contribution >= 4 is 27.6 Å². The summed E-state index contributed by atoms with van der Waals surface area (Å²) < 4.78 is 24.9. The lowest BCUT2D eigenvalue weighted by atomic mass is 10.1. The standard InChI is InChI=1S/C17H18N2O5S/c1-11(12-6-4-3-5-7-12)18-16(20)13-8-14(17(21)22)10-15(9-13)19-25(2,23)24/h3-11,19H,1-2H3,(H,18,20)(H,21,22)/t11-/m1/s1. The molecule has 0 fully saturated rings. The molecule has 132 valence electrons. The quantitative estimate of drug-likeness (QED) is 0.729. The maximum Gasteiger partial charge on any atom is 0.335 e. The van der Waals surface area contributed by atoms with Crippen LogP contribution in [-0.4, -0.2) is 31.7 Å². The number of carbonyl (C=O) groups is 2. The largest absolute Gasteiger partial charge is 0.478 e. The Hall–Kier alpha value is -2.87. The second-order valence-electron chi connectivity index (χ2n) is 5.58. The predicted molar refractivity (Wildman–Crippen MR) is 94.2 cm³/mol. The van der Waals surface area contributed by atoms with Crippen LogP contribution < -0.4 is 10.0 Å². The van der Waals surface area contributed by atoms with Gasteiger partial charge in [-0.2, -0.15) is 0 Å². The van der Waals surface area contributed by atoms with Gasteiger partial charge in [0.15, 0.2) is 0 Å². The Morgan fingerprint density at radius 2 is 1.64 bits per heavy atom. The fourth-order valence-electron chi connectivity index (χ4n) is 2.26. The van der Waals surface area contributed by atoms with Crippen LogP contribution in [0.3, 0.4) is 0 Å². The predicted octanol–water partition coefficient (Wildman–Crippen LogP) is 2.25. The normalized spacial score (nSPS) is 12.2. The average molecular weight is 362 g/mol. The molecule has 2 rings (SSSR count). The van der Waals surface area contributed by atoms with Crippen LogP contribution in [0.5, 0.6) is 0 Å². The highest BCUT2D eigenvalue weighted by molar-refractivity contribution is 7.92. The van der Waals surface area contributed by atoms with Gasteiger partial charge in [0.2, 0.25) is 10.0 Å². The van der Waals surface area contributed by atoms with Crippen molar-refractivity contribution in [3.8, 4) is 0 Å². The van der Waals surface area contributed by atoms with E-state index in [2.05, 4.69) is 10.0 Å². The maximum absolute atomic E-state index is 12.4. The number of amides is 1. The third kappa shape index (κ3) is 5.32. The summed E-state index contributed by atoms with van der Waals surface area (Å²) in [7, 11) is -3.60. The van der Waals surface area contributed by atoms with E-state index in [-0.39, 0.29) is 22.9 Å². The van der Waals surface area contributed by atoms with Crippen molar-refractivity contribution in [1.82, 2.24) is 5.32 Å². The van der Waals surface area contributed by atoms with E-state index in [9.17, 15) is 18.0 Å². The fourth-order valence-corrected chi connectivity index (χ4v) is 2.81. The number of hydrogen-bond acceptors (Lipinski definition) is 4. The van der Waals surface area contributed by atoms with E-state index in [0.717, 1.165) is 17.9 Å². The van der Waals surface area contributed by atoms with Gasteiger partial charge in [-0.1, -0.05) is 30.3 Å². The molecule has 0 aliphatic heterocycles. The summed E-state index contributed by atoms with van der Waals surface area (Å²) in [6.07, 6.45) is 0.942. The molecule has 0 bridgehead atoms. The number of rotatable bonds is 6. The van der Waals surface area contributed by atoms with E-state index >= 15 is 0 Å². The summed E-state index contributed by atoms with van der Waals surface area (Å²) in [4.78, 5) is 23.7. The molecule has 25 heavy (non-hydrogen) atoms. The molecule has 0 aromatic heterocycles. The first kappa shape index (κ1) is 18.5. The molecule has 1 atom stereocenters. The van der Waals surface area contributed by atoms with E-state index in [1.807, 2.05) is 30.3 Å². The summed E-state index contributed by atoms with van der Waals surface area (Å²) in [6, 6.07) is 12.6. The third-order valence-corrected chi connectivity index (χ3v) is 4.00. The van der Waals surface area contributed by atoms with Gasteiger partial charge in [-0.3, -0.25) is 9.52 Å². The van der Waals surface area contributed by atoms with Gasteiger partial charge in [0.25, 0.3) is 5.91 Å². The van der Waals surface area contributed by atoms with Crippen LogP contribution in [0.25, 0.3) is 0 Å². The van der Waals surface area contributed by atoms with E-state index < -0.39 is 21.9 Å². The van der Waals surface area contributed by atoms with E-state index in [4.69, 9.17) is 5.11 Å². The lowest BCUT2D eigenvalue weighted by Crippen LogP contribution is -2.27. The number of anilines is 1. The molecule has 7 nitrogen and oxygen atoms in total. The van der Waals surface area contributed by atoms with Gasteiger partial charge in [0.1, 0.15) is 0 Å². The topological polar surface area (TPSA) is 113 Å². The fraction of sp³-hybridized carbons (Fsp3) is 0.176. The SMILES string of the molecule is C[C@@H](NC(=O)c1cc(NS(C)(=O)=O)cc(C(=O)O)c1)c1ccccc1. The van der Waals surface area contributed by atoms with Gasteiger partial charge in [0, 0.05) is 5.56 Å². The van der Waals surface area contributed by atoms with Gasteiger partial charge in [-0.25, -0.2) is 13.2 Å². The van der Waals surface area contributed by atoms with Gasteiger partial charge >= 0.3 is 5.97 Å². The van der Waals surface area contributed by atoms with E-state index in [0.29, 0.717) is 0 Å². The second kappa shape index (κ2) is 7.35. The molecule has 0 spiro atoms. The van der Waals surface area contributed by atoms with Crippen molar-refractivity contribution in [2.75, 3.05) is 11.0 Å². The van der Waals surface area contributed by atoms with E-state index in [1.54, 1.807) is 6.92 Å². The van der Waals surface area contributed by atoms with Gasteiger partial charge in [0.05, 0.1) is 23.5 Å². The van der Waals surface area contributed by atoms with Crippen LogP contribution in [0.15, 0.2) is 48.5 Å². The summed E-state index contributed by atoms with van der Waals surface area (Å²) in [5, 5.41) is 11.9. The Bertz CT molecular complexity index is 895. The molecule has 0 aliphatic carbocycles. The first-order valence-corrected chi connectivity index (χ1v) is 9.27. The van der Waals surface area contributed by atoms with Crippen molar-refractivity contribution in [3.63, 3.8) is 0 Å². The molecule has 0 saturated carbocycles. The van der Waals surface area contributed by atoms with Crippen LogP contribution in [-0.2, 0) is 10.0 Å². The lowest BCUT2D eigenvalue weighted by molar-refractivity contribution is 0.0697. The molecular weight excluding hydrogens is 344 g/mol. The highest BCUT2D eigenvalue weighted by atomic mass is 32.2. The molecule has 0 saturated heterocycles. The minimum Gasteiger partial charge on any atom is -0.478 e. The number of hydrogen-bond donors (Lipinski definition) is 3. The molecule has 3 N–H and O–H groups in total. The zero-order chi connectivity index (χ0) is 18.6. The number of aromatic carboxylic acids is 1. The molecule has 0 heterocycles. The average Bonchev–Trinajstić information content (AvgIpc) is 2.53. The van der Waals surface area contributed by atoms with Crippen molar-refractivity contribution in [2.45, 2.75) is 13.0 Å². The zero-order valence-electron chi connectivity index (χ0n) is 13.7.